The molecule has 3 rings (SSSR count). The predicted molar refractivity (Wildman–Crippen MR) is 78.9 cm³/mol. The monoisotopic (exact) mass is 369 g/mol. The average Bonchev–Trinajstić information content (AvgIpc) is 3.07. The highest BCUT2D eigenvalue weighted by Crippen LogP contribution is 2.28. The number of aliphatic hydroxyl groups is 1. The summed E-state index contributed by atoms with van der Waals surface area (Å²) in [6, 6.07) is 4.21. The van der Waals surface area contributed by atoms with Crippen LogP contribution in [0.15, 0.2) is 18.2 Å². The smallest absolute Gasteiger partial charge is 0.251 e. The average molecular weight is 369 g/mol. The fourth-order valence-corrected chi connectivity index (χ4v) is 2.64. The van der Waals surface area contributed by atoms with Crippen molar-refractivity contribution in [2.45, 2.75) is 12.3 Å². The van der Waals surface area contributed by atoms with Crippen LogP contribution in [-0.4, -0.2) is 70.1 Å². The Kier molecular flexibility index (Phi) is 4.08. The summed E-state index contributed by atoms with van der Waals surface area (Å²) < 4.78 is 0. The number of hydrogen-bond acceptors (Lipinski definition) is 9. The molecule has 1 saturated heterocycles. The first kappa shape index (κ1) is 17.0. The zero-order valence-electron chi connectivity index (χ0n) is 12.8. The van der Waals surface area contributed by atoms with Crippen LogP contribution in [0.5, 0.6) is 0 Å². The highest BCUT2D eigenvalue weighted by atomic mass is 16.7. The van der Waals surface area contributed by atoms with Crippen LogP contribution in [0.25, 0.3) is 11.0 Å². The molecule has 0 saturated carbocycles. The number of aromatic nitrogens is 3. The normalized spacial score (nSPS) is 16.7. The Morgan fingerprint density at radius 3 is 2.15 bits per heavy atom. The van der Waals surface area contributed by atoms with Gasteiger partial charge in [-0.2, -0.15) is 15.4 Å². The molecule has 0 amide bonds. The van der Waals surface area contributed by atoms with Crippen molar-refractivity contribution in [2.75, 3.05) is 13.3 Å². The summed E-state index contributed by atoms with van der Waals surface area (Å²) >= 11 is 0. The van der Waals surface area contributed by atoms with Gasteiger partial charge in [-0.25, -0.2) is 30.3 Å². The van der Waals surface area contributed by atoms with Gasteiger partial charge in [0.25, 0.3) is 6.17 Å². The van der Waals surface area contributed by atoms with Gasteiger partial charge in [0, 0.05) is 0 Å². The van der Waals surface area contributed by atoms with Crippen LogP contribution >= 0.6 is 0 Å². The second kappa shape index (κ2) is 6.24. The van der Waals surface area contributed by atoms with Crippen molar-refractivity contribution in [3.05, 3.63) is 54.1 Å². The maximum absolute atomic E-state index is 11.3. The minimum atomic E-state index is -1.78. The van der Waals surface area contributed by atoms with Crippen molar-refractivity contribution in [2.24, 2.45) is 0 Å². The van der Waals surface area contributed by atoms with Gasteiger partial charge in [-0.05, 0) is 17.7 Å². The van der Waals surface area contributed by atoms with Crippen molar-refractivity contribution >= 4 is 11.0 Å². The number of nitrogens with one attached hydrogen (secondary N) is 1. The Morgan fingerprint density at radius 1 is 1.04 bits per heavy atom. The molecule has 1 aliphatic heterocycles. The van der Waals surface area contributed by atoms with Crippen LogP contribution in [0, 0.1) is 30.3 Å². The van der Waals surface area contributed by atoms with Crippen LogP contribution in [-0.2, 0) is 0 Å². The molecule has 16 heteroatoms. The zero-order chi connectivity index (χ0) is 19.0. The molecule has 2 N–H and O–H groups in total. The first-order valence-corrected chi connectivity index (χ1v) is 6.99. The van der Waals surface area contributed by atoms with Gasteiger partial charge in [-0.15, -0.1) is 0 Å². The Hall–Kier alpha value is -3.82. The zero-order valence-corrected chi connectivity index (χ0v) is 12.8. The van der Waals surface area contributed by atoms with Crippen molar-refractivity contribution in [3.8, 4) is 0 Å². The molecule has 1 atom stereocenters. The Morgan fingerprint density at radius 2 is 1.62 bits per heavy atom. The van der Waals surface area contributed by atoms with E-state index in [-0.39, 0.29) is 20.6 Å². The Labute approximate surface area is 142 Å². The van der Waals surface area contributed by atoms with Crippen LogP contribution in [0.1, 0.15) is 11.7 Å². The van der Waals surface area contributed by atoms with E-state index in [2.05, 4.69) is 15.4 Å². The number of H-pyrrole nitrogens is 1. The lowest BCUT2D eigenvalue weighted by Crippen LogP contribution is -2.66. The molecule has 1 aromatic heterocycles. The molecule has 1 fully saturated rings. The van der Waals surface area contributed by atoms with Gasteiger partial charge in [-0.3, -0.25) is 0 Å². The second-order valence-electron chi connectivity index (χ2n) is 5.31. The topological polar surface area (TPSA) is 201 Å². The molecule has 138 valence electrons. The predicted octanol–water partition coefficient (Wildman–Crippen LogP) is -1.27. The summed E-state index contributed by atoms with van der Waals surface area (Å²) in [6.07, 6.45) is -3.50. The van der Waals surface area contributed by atoms with Crippen LogP contribution in [0.4, 0.5) is 0 Å². The molecule has 1 aliphatic rings. The molecule has 26 heavy (non-hydrogen) atoms. The molecule has 1 aromatic carbocycles. The van der Waals surface area contributed by atoms with Crippen molar-refractivity contribution in [3.63, 3.8) is 0 Å². The molecule has 2 heterocycles. The van der Waals surface area contributed by atoms with E-state index in [9.17, 15) is 35.4 Å². The van der Waals surface area contributed by atoms with Crippen LogP contribution in [0.2, 0.25) is 0 Å². The SMILES string of the molecule is O=[N+]([O-])N1CN([N+](=O)[O-])C(C(O)c2ccc3n[nH]nc3c2)N([N+](=O)[O-])C1. The molecule has 16 nitrogen and oxygen atoms in total. The van der Waals surface area contributed by atoms with Gasteiger partial charge >= 0.3 is 0 Å². The number of nitro groups is 3. The largest absolute Gasteiger partial charge is 0.384 e. The number of rotatable bonds is 5. The number of nitrogens with zero attached hydrogens (tertiary/aromatic N) is 8. The summed E-state index contributed by atoms with van der Waals surface area (Å²) in [5, 5.41) is 51.7. The molecular formula is C10H11N9O7. The Balaban J connectivity index is 2.00. The van der Waals surface area contributed by atoms with Gasteiger partial charge in [0.05, 0.1) is 0 Å². The molecule has 0 radical (unpaired) electrons. The third-order valence-electron chi connectivity index (χ3n) is 3.84. The van der Waals surface area contributed by atoms with Gasteiger partial charge < -0.3 is 5.11 Å². The summed E-state index contributed by atoms with van der Waals surface area (Å²) in [6.45, 7) is -1.70. The summed E-state index contributed by atoms with van der Waals surface area (Å²) in [7, 11) is 0. The maximum atomic E-state index is 11.3. The van der Waals surface area contributed by atoms with Crippen molar-refractivity contribution in [1.29, 1.82) is 0 Å². The number of aromatic amines is 1. The van der Waals surface area contributed by atoms with Gasteiger partial charge in [0.15, 0.2) is 15.1 Å². The van der Waals surface area contributed by atoms with E-state index >= 15 is 0 Å². The minimum Gasteiger partial charge on any atom is -0.384 e. The third-order valence-corrected chi connectivity index (χ3v) is 3.84. The highest BCUT2D eigenvalue weighted by Gasteiger charge is 2.52. The summed E-state index contributed by atoms with van der Waals surface area (Å²) in [5.74, 6) is 0. The van der Waals surface area contributed by atoms with E-state index in [1.807, 2.05) is 0 Å². The fourth-order valence-electron chi connectivity index (χ4n) is 2.64. The number of hydrogen-bond donors (Lipinski definition) is 2. The lowest BCUT2D eigenvalue weighted by Gasteiger charge is -2.37. The van der Waals surface area contributed by atoms with E-state index < -0.39 is 40.7 Å². The summed E-state index contributed by atoms with van der Waals surface area (Å²) in [4.78, 5) is 33.5. The molecule has 1 unspecified atom stereocenters. The lowest BCUT2D eigenvalue weighted by molar-refractivity contribution is -0.790. The van der Waals surface area contributed by atoms with Crippen LogP contribution < -0.4 is 0 Å². The van der Waals surface area contributed by atoms with Crippen molar-refractivity contribution in [1.82, 2.24) is 30.4 Å². The van der Waals surface area contributed by atoms with E-state index in [0.717, 1.165) is 0 Å². The third kappa shape index (κ3) is 2.83. The Bertz CT molecular complexity index is 847. The number of hydrazine groups is 3. The minimum absolute atomic E-state index is 0.102. The van der Waals surface area contributed by atoms with Gasteiger partial charge in [-0.1, -0.05) is 21.1 Å². The van der Waals surface area contributed by atoms with Crippen molar-refractivity contribution < 1.29 is 20.2 Å². The van der Waals surface area contributed by atoms with Crippen LogP contribution in [0.3, 0.4) is 0 Å². The second-order valence-corrected chi connectivity index (χ2v) is 5.31. The first-order valence-electron chi connectivity index (χ1n) is 6.99. The van der Waals surface area contributed by atoms with Gasteiger partial charge in [0.2, 0.25) is 13.3 Å². The fraction of sp³-hybridized carbons (Fsp3) is 0.400. The van der Waals surface area contributed by atoms with E-state index in [1.165, 1.54) is 18.2 Å². The lowest BCUT2D eigenvalue weighted by atomic mass is 10.1. The number of benzene rings is 1. The maximum Gasteiger partial charge on any atom is 0.251 e. The number of fused-ring (bicyclic) bond motifs is 1. The highest BCUT2D eigenvalue weighted by molar-refractivity contribution is 5.74. The molecule has 0 aliphatic carbocycles. The van der Waals surface area contributed by atoms with E-state index in [1.54, 1.807) is 0 Å². The molecule has 0 spiro atoms. The quantitative estimate of drug-likeness (QED) is 0.468. The van der Waals surface area contributed by atoms with Gasteiger partial charge in [0.1, 0.15) is 17.1 Å². The summed E-state index contributed by atoms with van der Waals surface area (Å²) in [5.41, 5.74) is 0.899. The molecular weight excluding hydrogens is 358 g/mol. The van der Waals surface area contributed by atoms with E-state index in [0.29, 0.717) is 11.0 Å². The molecule has 2 aromatic rings. The standard InChI is InChI=1S/C10H11N9O7/c20-9(6-1-2-7-8(3-6)12-13-11-7)10-15(18(23)24)4-14(17(21)22)5-16(10)19(25)26/h1-3,9-10,20H,4-5H2,(H,11,12,13). The molecule has 0 bridgehead atoms. The number of aliphatic hydroxyl groups excluding tert-OH is 1. The van der Waals surface area contributed by atoms with E-state index in [4.69, 9.17) is 0 Å². The first-order chi connectivity index (χ1) is 12.3.